The highest BCUT2D eigenvalue weighted by atomic mass is 16.4. The highest BCUT2D eigenvalue weighted by molar-refractivity contribution is 5.90. The summed E-state index contributed by atoms with van der Waals surface area (Å²) in [5, 5.41) is 9.09. The van der Waals surface area contributed by atoms with Gasteiger partial charge >= 0.3 is 5.97 Å². The fourth-order valence-corrected chi connectivity index (χ4v) is 1.55. The lowest BCUT2D eigenvalue weighted by atomic mass is 10.0. The summed E-state index contributed by atoms with van der Waals surface area (Å²) < 4.78 is 0. The quantitative estimate of drug-likeness (QED) is 0.594. The lowest BCUT2D eigenvalue weighted by Crippen LogP contribution is -2.01. The van der Waals surface area contributed by atoms with Gasteiger partial charge in [-0.25, -0.2) is 4.79 Å². The molecule has 2 heteroatoms. The van der Waals surface area contributed by atoms with E-state index in [-0.39, 0.29) is 0 Å². The van der Waals surface area contributed by atoms with E-state index in [1.54, 1.807) is 6.08 Å². The zero-order chi connectivity index (χ0) is 12.7. The maximum Gasteiger partial charge on any atom is 0.331 e. The second-order valence-corrected chi connectivity index (χ2v) is 3.97. The van der Waals surface area contributed by atoms with Gasteiger partial charge in [0.2, 0.25) is 0 Å². The molecule has 17 heavy (non-hydrogen) atoms. The largest absolute Gasteiger partial charge is 0.478 e. The number of aliphatic carboxylic acids is 1. The predicted octanol–water partition coefficient (Wildman–Crippen LogP) is 3.90. The van der Waals surface area contributed by atoms with Crippen molar-refractivity contribution >= 4 is 11.5 Å². The lowest BCUT2D eigenvalue weighted by molar-refractivity contribution is -0.132. The van der Waals surface area contributed by atoms with Crippen LogP contribution in [0.3, 0.4) is 0 Å². The normalized spacial score (nSPS) is 11.2. The van der Waals surface area contributed by atoms with Gasteiger partial charge in [-0.1, -0.05) is 50.3 Å². The summed E-state index contributed by atoms with van der Waals surface area (Å²) in [5.74, 6) is -0.851. The highest BCUT2D eigenvalue weighted by Gasteiger charge is 2.07. The zero-order valence-corrected chi connectivity index (χ0v) is 10.1. The summed E-state index contributed by atoms with van der Waals surface area (Å²) in [5.41, 5.74) is 2.14. The van der Waals surface area contributed by atoms with Gasteiger partial charge in [-0.2, -0.15) is 0 Å². The molecule has 0 bridgehead atoms. The molecule has 1 aromatic carbocycles. The Balaban J connectivity index is 2.83. The SMILES string of the molecule is C=C(/C=C(\CCCC)C(=O)O)c1ccccc1. The number of rotatable bonds is 6. The minimum absolute atomic E-state index is 0.431. The fourth-order valence-electron chi connectivity index (χ4n) is 1.55. The molecule has 0 radical (unpaired) electrons. The molecule has 0 fully saturated rings. The number of hydrogen-bond acceptors (Lipinski definition) is 1. The Morgan fingerprint density at radius 3 is 2.53 bits per heavy atom. The molecule has 0 aliphatic carbocycles. The number of benzene rings is 1. The molecule has 0 spiro atoms. The topological polar surface area (TPSA) is 37.3 Å². The first kappa shape index (κ1) is 13.2. The first-order valence-electron chi connectivity index (χ1n) is 5.83. The number of allylic oxidation sites excluding steroid dienone is 2. The van der Waals surface area contributed by atoms with Crippen LogP contribution in [0.4, 0.5) is 0 Å². The van der Waals surface area contributed by atoms with E-state index in [2.05, 4.69) is 6.58 Å². The zero-order valence-electron chi connectivity index (χ0n) is 10.1. The van der Waals surface area contributed by atoms with Gasteiger partial charge in [0.1, 0.15) is 0 Å². The van der Waals surface area contributed by atoms with Crippen molar-refractivity contribution in [3.05, 3.63) is 54.1 Å². The Morgan fingerprint density at radius 1 is 1.35 bits per heavy atom. The maximum atomic E-state index is 11.1. The van der Waals surface area contributed by atoms with Crippen LogP contribution in [0.1, 0.15) is 31.7 Å². The van der Waals surface area contributed by atoms with Crippen LogP contribution in [0.5, 0.6) is 0 Å². The van der Waals surface area contributed by atoms with Crippen molar-refractivity contribution in [2.24, 2.45) is 0 Å². The molecule has 2 nitrogen and oxygen atoms in total. The molecule has 0 saturated carbocycles. The van der Waals surface area contributed by atoms with E-state index in [0.717, 1.165) is 24.0 Å². The Morgan fingerprint density at radius 2 is 2.00 bits per heavy atom. The van der Waals surface area contributed by atoms with Crippen molar-refractivity contribution in [2.75, 3.05) is 0 Å². The summed E-state index contributed by atoms with van der Waals surface area (Å²) in [6.45, 7) is 5.96. The molecule has 0 saturated heterocycles. The molecule has 0 heterocycles. The minimum Gasteiger partial charge on any atom is -0.478 e. The average molecular weight is 230 g/mol. The van der Waals surface area contributed by atoms with Gasteiger partial charge in [0.05, 0.1) is 0 Å². The maximum absolute atomic E-state index is 11.1. The van der Waals surface area contributed by atoms with E-state index in [4.69, 9.17) is 5.11 Å². The van der Waals surface area contributed by atoms with Crippen LogP contribution < -0.4 is 0 Å². The van der Waals surface area contributed by atoms with Gasteiger partial charge in [-0.05, 0) is 30.1 Å². The van der Waals surface area contributed by atoms with Crippen molar-refractivity contribution in [1.82, 2.24) is 0 Å². The van der Waals surface area contributed by atoms with Crippen LogP contribution in [0, 0.1) is 0 Å². The molecular formula is C15H18O2. The van der Waals surface area contributed by atoms with E-state index < -0.39 is 5.97 Å². The summed E-state index contributed by atoms with van der Waals surface area (Å²) in [7, 11) is 0. The van der Waals surface area contributed by atoms with E-state index >= 15 is 0 Å². The number of hydrogen-bond donors (Lipinski definition) is 1. The molecule has 90 valence electrons. The fraction of sp³-hybridized carbons (Fsp3) is 0.267. The van der Waals surface area contributed by atoms with Crippen molar-refractivity contribution < 1.29 is 9.90 Å². The lowest BCUT2D eigenvalue weighted by Gasteiger charge is -2.04. The standard InChI is InChI=1S/C15H18O2/c1-3-4-8-14(15(16)17)11-12(2)13-9-6-5-7-10-13/h5-7,9-11H,2-4,8H2,1H3,(H,16,17)/b14-11+. The molecule has 0 atom stereocenters. The van der Waals surface area contributed by atoms with Crippen molar-refractivity contribution in [1.29, 1.82) is 0 Å². The molecular weight excluding hydrogens is 212 g/mol. The highest BCUT2D eigenvalue weighted by Crippen LogP contribution is 2.18. The molecule has 1 aromatic rings. The third-order valence-corrected chi connectivity index (χ3v) is 2.57. The Kier molecular flexibility index (Phi) is 5.21. The summed E-state index contributed by atoms with van der Waals surface area (Å²) >= 11 is 0. The van der Waals surface area contributed by atoms with E-state index in [0.29, 0.717) is 12.0 Å². The average Bonchev–Trinajstić information content (AvgIpc) is 2.35. The van der Waals surface area contributed by atoms with Gasteiger partial charge in [0.25, 0.3) is 0 Å². The van der Waals surface area contributed by atoms with Crippen LogP contribution in [-0.4, -0.2) is 11.1 Å². The van der Waals surface area contributed by atoms with Gasteiger partial charge in [0, 0.05) is 5.57 Å². The first-order valence-corrected chi connectivity index (χ1v) is 5.83. The van der Waals surface area contributed by atoms with Crippen LogP contribution >= 0.6 is 0 Å². The molecule has 0 amide bonds. The number of carbonyl (C=O) groups is 1. The number of unbranched alkanes of at least 4 members (excludes halogenated alkanes) is 1. The smallest absolute Gasteiger partial charge is 0.331 e. The van der Waals surface area contributed by atoms with Gasteiger partial charge in [0.15, 0.2) is 0 Å². The van der Waals surface area contributed by atoms with Crippen LogP contribution in [0.25, 0.3) is 5.57 Å². The Hall–Kier alpha value is -1.83. The van der Waals surface area contributed by atoms with E-state index in [1.165, 1.54) is 0 Å². The van der Waals surface area contributed by atoms with Crippen LogP contribution in [-0.2, 0) is 4.79 Å². The Labute approximate surface area is 102 Å². The number of carboxylic acid groups (broad SMARTS) is 1. The molecule has 0 aromatic heterocycles. The van der Waals surface area contributed by atoms with Crippen molar-refractivity contribution in [3.63, 3.8) is 0 Å². The number of carboxylic acids is 1. The molecule has 0 unspecified atom stereocenters. The van der Waals surface area contributed by atoms with Gasteiger partial charge in [-0.15, -0.1) is 0 Å². The monoisotopic (exact) mass is 230 g/mol. The summed E-state index contributed by atoms with van der Waals surface area (Å²) in [6, 6.07) is 9.62. The summed E-state index contributed by atoms with van der Waals surface area (Å²) in [6.07, 6.45) is 4.15. The van der Waals surface area contributed by atoms with Crippen LogP contribution in [0.2, 0.25) is 0 Å². The Bertz CT molecular complexity index is 416. The third kappa shape index (κ3) is 4.27. The van der Waals surface area contributed by atoms with Gasteiger partial charge in [-0.3, -0.25) is 0 Å². The summed E-state index contributed by atoms with van der Waals surface area (Å²) in [4.78, 5) is 11.1. The predicted molar refractivity (Wildman–Crippen MR) is 70.7 cm³/mol. The van der Waals surface area contributed by atoms with E-state index in [1.807, 2.05) is 37.3 Å². The first-order chi connectivity index (χ1) is 8.15. The molecule has 1 rings (SSSR count). The van der Waals surface area contributed by atoms with Gasteiger partial charge < -0.3 is 5.11 Å². The third-order valence-electron chi connectivity index (χ3n) is 2.57. The minimum atomic E-state index is -0.851. The molecule has 1 N–H and O–H groups in total. The van der Waals surface area contributed by atoms with Crippen molar-refractivity contribution in [3.8, 4) is 0 Å². The van der Waals surface area contributed by atoms with E-state index in [9.17, 15) is 4.79 Å². The van der Waals surface area contributed by atoms with Crippen molar-refractivity contribution in [2.45, 2.75) is 26.2 Å². The second kappa shape index (κ2) is 6.69. The molecule has 0 aliphatic rings. The van der Waals surface area contributed by atoms with Crippen LogP contribution in [0.15, 0.2) is 48.6 Å². The molecule has 0 aliphatic heterocycles. The second-order valence-electron chi connectivity index (χ2n) is 3.97.